The molecule has 2 nitrogen and oxygen atoms in total. The first kappa shape index (κ1) is 16.0. The summed E-state index contributed by atoms with van der Waals surface area (Å²) in [4.78, 5) is 0. The van der Waals surface area contributed by atoms with Crippen molar-refractivity contribution < 1.29 is 7.96 Å². The van der Waals surface area contributed by atoms with Gasteiger partial charge >= 0.3 is 23.1 Å². The SMILES string of the molecule is CCNCCO.Cl.[H-].[H-].[Mg+2]. The Morgan fingerprint density at radius 2 is 2.12 bits per heavy atom. The van der Waals surface area contributed by atoms with Gasteiger partial charge in [0.15, 0.2) is 0 Å². The predicted molar refractivity (Wildman–Crippen MR) is 40.9 cm³/mol. The van der Waals surface area contributed by atoms with Crippen molar-refractivity contribution in [2.75, 3.05) is 19.7 Å². The van der Waals surface area contributed by atoms with Gasteiger partial charge in [-0.05, 0) is 6.54 Å². The van der Waals surface area contributed by atoms with Crippen LogP contribution in [0, 0.1) is 0 Å². The smallest absolute Gasteiger partial charge is 1.00 e. The van der Waals surface area contributed by atoms with Crippen molar-refractivity contribution in [2.24, 2.45) is 0 Å². The summed E-state index contributed by atoms with van der Waals surface area (Å²) in [6, 6.07) is 0. The summed E-state index contributed by atoms with van der Waals surface area (Å²) < 4.78 is 0. The average molecular weight is 152 g/mol. The second kappa shape index (κ2) is 15.7. The van der Waals surface area contributed by atoms with E-state index in [-0.39, 0.29) is 44.9 Å². The number of hydrogen-bond acceptors (Lipinski definition) is 2. The van der Waals surface area contributed by atoms with Crippen LogP contribution in [0.5, 0.6) is 0 Å². The fourth-order valence-corrected chi connectivity index (χ4v) is 0.256. The Morgan fingerprint density at radius 3 is 2.25 bits per heavy atom. The van der Waals surface area contributed by atoms with E-state index in [9.17, 15) is 0 Å². The standard InChI is InChI=1S/C4H11NO.ClH.Mg.2H/c1-2-5-3-4-6;;;;/h5-6H,2-4H2,1H3;1H;;;/q;;+2;2*-1. The van der Waals surface area contributed by atoms with Gasteiger partial charge in [0.25, 0.3) is 0 Å². The predicted octanol–water partition coefficient (Wildman–Crippen LogP) is -0.146. The Hall–Kier alpha value is 0.976. The first-order chi connectivity index (χ1) is 2.91. The van der Waals surface area contributed by atoms with Crippen LogP contribution in [-0.2, 0) is 0 Å². The van der Waals surface area contributed by atoms with Crippen LogP contribution in [0.2, 0.25) is 0 Å². The Bertz CT molecular complexity index is 35.2. The molecule has 0 aliphatic rings. The topological polar surface area (TPSA) is 32.3 Å². The van der Waals surface area contributed by atoms with Crippen LogP contribution >= 0.6 is 12.4 Å². The van der Waals surface area contributed by atoms with E-state index in [2.05, 4.69) is 5.32 Å². The van der Waals surface area contributed by atoms with Crippen LogP contribution in [0.4, 0.5) is 0 Å². The maximum absolute atomic E-state index is 8.13. The molecule has 0 rings (SSSR count). The summed E-state index contributed by atoms with van der Waals surface area (Å²) in [7, 11) is 0. The Labute approximate surface area is 75.6 Å². The minimum absolute atomic E-state index is 0. The first-order valence-electron chi connectivity index (χ1n) is 2.23. The zero-order valence-corrected chi connectivity index (χ0v) is 7.41. The molecular weight excluding hydrogens is 138 g/mol. The van der Waals surface area contributed by atoms with Gasteiger partial charge in [-0.1, -0.05) is 6.92 Å². The van der Waals surface area contributed by atoms with Gasteiger partial charge in [-0.15, -0.1) is 12.4 Å². The molecule has 0 saturated carbocycles. The molecule has 0 aliphatic carbocycles. The van der Waals surface area contributed by atoms with Gasteiger partial charge in [0, 0.05) is 6.54 Å². The Balaban J connectivity index is -0.0000000208. The molecule has 8 heavy (non-hydrogen) atoms. The van der Waals surface area contributed by atoms with Crippen LogP contribution in [0.1, 0.15) is 9.78 Å². The van der Waals surface area contributed by atoms with Crippen LogP contribution < -0.4 is 5.32 Å². The Kier molecular flexibility index (Phi) is 31.3. The van der Waals surface area contributed by atoms with E-state index in [0.29, 0.717) is 0 Å². The summed E-state index contributed by atoms with van der Waals surface area (Å²) in [6.07, 6.45) is 0. The van der Waals surface area contributed by atoms with Crippen molar-refractivity contribution in [2.45, 2.75) is 6.92 Å². The summed E-state index contributed by atoms with van der Waals surface area (Å²) in [5.41, 5.74) is 0. The van der Waals surface area contributed by atoms with Crippen LogP contribution in [0.3, 0.4) is 0 Å². The van der Waals surface area contributed by atoms with Crippen molar-refractivity contribution in [3.05, 3.63) is 0 Å². The van der Waals surface area contributed by atoms with Gasteiger partial charge in [0.1, 0.15) is 0 Å². The van der Waals surface area contributed by atoms with E-state index in [0.717, 1.165) is 13.1 Å². The van der Waals surface area contributed by atoms with E-state index >= 15 is 0 Å². The number of nitrogens with one attached hydrogen (secondary N) is 1. The fraction of sp³-hybridized carbons (Fsp3) is 1.00. The summed E-state index contributed by atoms with van der Waals surface area (Å²) in [6.45, 7) is 3.92. The number of halogens is 1. The molecule has 0 radical (unpaired) electrons. The van der Waals surface area contributed by atoms with Gasteiger partial charge in [0.05, 0.1) is 6.61 Å². The molecular formula is C4H14ClMgNO. The molecule has 50 valence electrons. The molecule has 0 amide bonds. The third-order valence-electron chi connectivity index (χ3n) is 0.539. The van der Waals surface area contributed by atoms with E-state index < -0.39 is 0 Å². The van der Waals surface area contributed by atoms with E-state index in [1.54, 1.807) is 0 Å². The minimum atomic E-state index is 0. The van der Waals surface area contributed by atoms with Crippen molar-refractivity contribution >= 4 is 35.5 Å². The minimum Gasteiger partial charge on any atom is -1.00 e. The third kappa shape index (κ3) is 15.8. The van der Waals surface area contributed by atoms with Crippen molar-refractivity contribution in [3.63, 3.8) is 0 Å². The van der Waals surface area contributed by atoms with Crippen LogP contribution in [0.15, 0.2) is 0 Å². The van der Waals surface area contributed by atoms with Crippen LogP contribution in [0.25, 0.3) is 0 Å². The molecule has 0 aromatic heterocycles. The maximum Gasteiger partial charge on any atom is 2.00 e. The van der Waals surface area contributed by atoms with Gasteiger partial charge in [0.2, 0.25) is 0 Å². The molecule has 0 atom stereocenters. The number of aliphatic hydroxyl groups excluding tert-OH is 1. The molecule has 2 N–H and O–H groups in total. The van der Waals surface area contributed by atoms with Gasteiger partial charge in [-0.2, -0.15) is 0 Å². The molecule has 0 heterocycles. The number of rotatable bonds is 3. The van der Waals surface area contributed by atoms with Crippen molar-refractivity contribution in [1.82, 2.24) is 5.32 Å². The molecule has 0 fully saturated rings. The summed E-state index contributed by atoms with van der Waals surface area (Å²) >= 11 is 0. The van der Waals surface area contributed by atoms with Gasteiger partial charge in [-0.3, -0.25) is 0 Å². The number of hydrogen-bond donors (Lipinski definition) is 2. The zero-order valence-electron chi connectivity index (χ0n) is 7.18. The number of likely N-dealkylation sites (N-methyl/N-ethyl adjacent to an activating group) is 1. The van der Waals surface area contributed by atoms with E-state index in [1.807, 2.05) is 6.92 Å². The molecule has 4 heteroatoms. The van der Waals surface area contributed by atoms with Crippen molar-refractivity contribution in [3.8, 4) is 0 Å². The third-order valence-corrected chi connectivity index (χ3v) is 0.539. The summed E-state index contributed by atoms with van der Waals surface area (Å²) in [5, 5.41) is 11.1. The summed E-state index contributed by atoms with van der Waals surface area (Å²) in [5.74, 6) is 0. The monoisotopic (exact) mass is 151 g/mol. The maximum atomic E-state index is 8.13. The molecule has 0 aromatic rings. The Morgan fingerprint density at radius 1 is 1.62 bits per heavy atom. The molecule has 0 saturated heterocycles. The molecule has 0 unspecified atom stereocenters. The van der Waals surface area contributed by atoms with E-state index in [1.165, 1.54) is 0 Å². The quantitative estimate of drug-likeness (QED) is 0.435. The molecule has 0 aromatic carbocycles. The molecule has 0 bridgehead atoms. The fourth-order valence-electron chi connectivity index (χ4n) is 0.256. The normalized spacial score (nSPS) is 6.75. The molecule has 0 spiro atoms. The second-order valence-corrected chi connectivity index (χ2v) is 1.08. The number of aliphatic hydroxyl groups is 1. The second-order valence-electron chi connectivity index (χ2n) is 1.08. The van der Waals surface area contributed by atoms with Gasteiger partial charge in [-0.25, -0.2) is 0 Å². The van der Waals surface area contributed by atoms with Gasteiger partial charge < -0.3 is 13.3 Å². The average Bonchev–Trinajstić information content (AvgIpc) is 1.61. The first-order valence-corrected chi connectivity index (χ1v) is 2.23. The van der Waals surface area contributed by atoms with E-state index in [4.69, 9.17) is 5.11 Å². The largest absolute Gasteiger partial charge is 2.00 e. The van der Waals surface area contributed by atoms with Crippen LogP contribution in [-0.4, -0.2) is 47.9 Å². The molecule has 0 aliphatic heterocycles. The van der Waals surface area contributed by atoms with Crippen molar-refractivity contribution in [1.29, 1.82) is 0 Å². The zero-order chi connectivity index (χ0) is 4.83.